The highest BCUT2D eigenvalue weighted by Crippen LogP contribution is 2.28. The van der Waals surface area contributed by atoms with E-state index in [1.807, 2.05) is 6.92 Å². The summed E-state index contributed by atoms with van der Waals surface area (Å²) >= 11 is 1.49. The number of nitrogens with one attached hydrogen (secondary N) is 1. The largest absolute Gasteiger partial charge is 0.480 e. The van der Waals surface area contributed by atoms with Crippen molar-refractivity contribution in [3.05, 3.63) is 0 Å². The van der Waals surface area contributed by atoms with E-state index in [1.54, 1.807) is 0 Å². The highest BCUT2D eigenvalue weighted by atomic mass is 32.2. The fourth-order valence-electron chi connectivity index (χ4n) is 2.56. The third-order valence-corrected chi connectivity index (χ3v) is 4.99. The molecule has 0 aromatic rings. The Morgan fingerprint density at radius 2 is 2.10 bits per heavy atom. The predicted molar refractivity (Wildman–Crippen MR) is 80.5 cm³/mol. The topological polar surface area (TPSA) is 82.1 Å². The molecule has 2 unspecified atom stereocenters. The van der Waals surface area contributed by atoms with Crippen molar-refractivity contribution in [1.82, 2.24) is 15.1 Å². The van der Waals surface area contributed by atoms with E-state index in [2.05, 4.69) is 10.2 Å². The Morgan fingerprint density at radius 3 is 2.76 bits per heavy atom. The third kappa shape index (κ3) is 4.49. The monoisotopic (exact) mass is 317 g/mol. The quantitative estimate of drug-likeness (QED) is 0.708. The lowest BCUT2D eigenvalue weighted by atomic mass is 10.3. The Labute approximate surface area is 129 Å². The van der Waals surface area contributed by atoms with Gasteiger partial charge in [0.25, 0.3) is 0 Å². The van der Waals surface area contributed by atoms with Gasteiger partial charge in [0, 0.05) is 25.4 Å². The van der Waals surface area contributed by atoms with Crippen LogP contribution < -0.4 is 5.32 Å². The number of carbonyl (C=O) groups excluding carboxylic acids is 1. The Bertz CT molecular complexity index is 376. The van der Waals surface area contributed by atoms with Crippen LogP contribution >= 0.6 is 11.8 Å². The van der Waals surface area contributed by atoms with Gasteiger partial charge in [-0.25, -0.2) is 9.59 Å². The number of nitrogens with zero attached hydrogens (tertiary/aromatic N) is 2. The molecule has 0 aromatic heterocycles. The van der Waals surface area contributed by atoms with E-state index in [4.69, 9.17) is 9.84 Å². The van der Waals surface area contributed by atoms with Crippen LogP contribution in [0, 0.1) is 0 Å². The molecule has 2 aliphatic rings. The van der Waals surface area contributed by atoms with Gasteiger partial charge in [-0.1, -0.05) is 0 Å². The lowest BCUT2D eigenvalue weighted by Gasteiger charge is -2.27. The Balaban J connectivity index is 1.69. The second kappa shape index (κ2) is 7.86. The second-order valence-electron chi connectivity index (χ2n) is 5.23. The summed E-state index contributed by atoms with van der Waals surface area (Å²) in [5.74, 6) is -0.479. The number of amides is 2. The minimum Gasteiger partial charge on any atom is -0.480 e. The molecule has 2 fully saturated rings. The fourth-order valence-corrected chi connectivity index (χ4v) is 3.72. The summed E-state index contributed by atoms with van der Waals surface area (Å²) in [5, 5.41) is 11.9. The normalized spacial score (nSPS) is 26.8. The van der Waals surface area contributed by atoms with E-state index in [9.17, 15) is 9.59 Å². The van der Waals surface area contributed by atoms with E-state index in [0.717, 1.165) is 39.3 Å². The van der Waals surface area contributed by atoms with Gasteiger partial charge in [-0.2, -0.15) is 0 Å². The van der Waals surface area contributed by atoms with Crippen LogP contribution in [0.4, 0.5) is 4.79 Å². The minimum absolute atomic E-state index is 0.0923. The molecule has 0 radical (unpaired) electrons. The van der Waals surface area contributed by atoms with E-state index >= 15 is 0 Å². The smallest absolute Gasteiger partial charge is 0.327 e. The molecule has 0 bridgehead atoms. The SMILES string of the molecule is CC1SCC(C(=O)O)N1C(=O)NCCCN1CCOCC1. The Hall–Kier alpha value is -0.990. The van der Waals surface area contributed by atoms with Crippen LogP contribution in [0.25, 0.3) is 0 Å². The molecule has 0 aromatic carbocycles. The number of carbonyl (C=O) groups is 2. The van der Waals surface area contributed by atoms with Crippen LogP contribution in [0.1, 0.15) is 13.3 Å². The molecule has 7 nitrogen and oxygen atoms in total. The van der Waals surface area contributed by atoms with E-state index in [1.165, 1.54) is 16.7 Å². The average molecular weight is 317 g/mol. The molecular formula is C13H23N3O4S. The standard InChI is InChI=1S/C13H23N3O4S/c1-10-16(11(9-21-10)12(17)18)13(19)14-3-2-4-15-5-7-20-8-6-15/h10-11H,2-9H2,1H3,(H,14,19)(H,17,18). The van der Waals surface area contributed by atoms with Gasteiger partial charge < -0.3 is 15.2 Å². The molecule has 21 heavy (non-hydrogen) atoms. The summed E-state index contributed by atoms with van der Waals surface area (Å²) in [6.45, 7) is 6.78. The maximum absolute atomic E-state index is 12.1. The number of urea groups is 1. The van der Waals surface area contributed by atoms with Gasteiger partial charge in [-0.05, 0) is 19.9 Å². The number of hydrogen-bond donors (Lipinski definition) is 2. The summed E-state index contributed by atoms with van der Waals surface area (Å²) in [6.07, 6.45) is 0.860. The molecule has 0 saturated carbocycles. The second-order valence-corrected chi connectivity index (χ2v) is 6.58. The number of morpholine rings is 1. The molecule has 2 amide bonds. The molecule has 2 atom stereocenters. The van der Waals surface area contributed by atoms with Crippen molar-refractivity contribution >= 4 is 23.8 Å². The van der Waals surface area contributed by atoms with Crippen molar-refractivity contribution in [3.8, 4) is 0 Å². The first-order chi connectivity index (χ1) is 10.1. The lowest BCUT2D eigenvalue weighted by molar-refractivity contribution is -0.141. The summed E-state index contributed by atoms with van der Waals surface area (Å²) in [6, 6.07) is -0.994. The predicted octanol–water partition coefficient (Wildman–Crippen LogP) is 0.266. The third-order valence-electron chi connectivity index (χ3n) is 3.77. The highest BCUT2D eigenvalue weighted by Gasteiger charge is 2.39. The molecule has 2 heterocycles. The molecule has 120 valence electrons. The van der Waals surface area contributed by atoms with Crippen LogP contribution in [0.3, 0.4) is 0 Å². The molecule has 2 rings (SSSR count). The molecule has 0 aliphatic carbocycles. The van der Waals surface area contributed by atoms with Gasteiger partial charge in [-0.3, -0.25) is 9.80 Å². The first-order valence-corrected chi connectivity index (χ1v) is 8.35. The first-order valence-electron chi connectivity index (χ1n) is 7.30. The van der Waals surface area contributed by atoms with Crippen LogP contribution in [-0.2, 0) is 9.53 Å². The minimum atomic E-state index is -0.935. The van der Waals surface area contributed by atoms with Gasteiger partial charge >= 0.3 is 12.0 Å². The Morgan fingerprint density at radius 1 is 1.38 bits per heavy atom. The zero-order chi connectivity index (χ0) is 15.2. The lowest BCUT2D eigenvalue weighted by Crippen LogP contribution is -2.50. The zero-order valence-corrected chi connectivity index (χ0v) is 13.1. The van der Waals surface area contributed by atoms with Crippen molar-refractivity contribution in [3.63, 3.8) is 0 Å². The van der Waals surface area contributed by atoms with E-state index in [-0.39, 0.29) is 11.4 Å². The van der Waals surface area contributed by atoms with Crippen molar-refractivity contribution in [2.75, 3.05) is 45.1 Å². The summed E-state index contributed by atoms with van der Waals surface area (Å²) in [4.78, 5) is 27.0. The number of rotatable bonds is 5. The van der Waals surface area contributed by atoms with Gasteiger partial charge in [0.15, 0.2) is 0 Å². The number of aliphatic carboxylic acids is 1. The number of thioether (sulfide) groups is 1. The number of carboxylic acid groups (broad SMARTS) is 1. The van der Waals surface area contributed by atoms with Crippen LogP contribution in [-0.4, -0.2) is 83.5 Å². The van der Waals surface area contributed by atoms with Crippen molar-refractivity contribution in [2.45, 2.75) is 24.8 Å². The fraction of sp³-hybridized carbons (Fsp3) is 0.846. The van der Waals surface area contributed by atoms with Gasteiger partial charge in [0.05, 0.1) is 18.6 Å². The Kier molecular flexibility index (Phi) is 6.13. The van der Waals surface area contributed by atoms with Gasteiger partial charge in [0.1, 0.15) is 6.04 Å². The first kappa shape index (κ1) is 16.4. The summed E-state index contributed by atoms with van der Waals surface area (Å²) in [7, 11) is 0. The molecular weight excluding hydrogens is 294 g/mol. The van der Waals surface area contributed by atoms with Gasteiger partial charge in [-0.15, -0.1) is 11.8 Å². The number of hydrogen-bond acceptors (Lipinski definition) is 5. The van der Waals surface area contributed by atoms with E-state index < -0.39 is 12.0 Å². The molecule has 0 spiro atoms. The maximum atomic E-state index is 12.1. The zero-order valence-electron chi connectivity index (χ0n) is 12.3. The molecule has 2 saturated heterocycles. The summed E-state index contributed by atoms with van der Waals surface area (Å²) < 4.78 is 5.28. The number of carboxylic acids is 1. The van der Waals surface area contributed by atoms with E-state index in [0.29, 0.717) is 12.3 Å². The maximum Gasteiger partial charge on any atom is 0.327 e. The van der Waals surface area contributed by atoms with Crippen molar-refractivity contribution in [2.24, 2.45) is 0 Å². The number of ether oxygens (including phenoxy) is 1. The molecule has 2 N–H and O–H groups in total. The van der Waals surface area contributed by atoms with Gasteiger partial charge in [0.2, 0.25) is 0 Å². The van der Waals surface area contributed by atoms with Crippen molar-refractivity contribution < 1.29 is 19.4 Å². The molecule has 8 heteroatoms. The molecule has 2 aliphatic heterocycles. The van der Waals surface area contributed by atoms with Crippen LogP contribution in [0.5, 0.6) is 0 Å². The average Bonchev–Trinajstić information content (AvgIpc) is 2.86. The highest BCUT2D eigenvalue weighted by molar-refractivity contribution is 8.00. The van der Waals surface area contributed by atoms with Crippen molar-refractivity contribution in [1.29, 1.82) is 0 Å². The van der Waals surface area contributed by atoms with Crippen LogP contribution in [0.15, 0.2) is 0 Å². The van der Waals surface area contributed by atoms with Crippen LogP contribution in [0.2, 0.25) is 0 Å². The summed E-state index contributed by atoms with van der Waals surface area (Å²) in [5.41, 5.74) is 0.